The van der Waals surface area contributed by atoms with Crippen molar-refractivity contribution in [3.05, 3.63) is 12.3 Å². The first-order chi connectivity index (χ1) is 6.95. The maximum Gasteiger partial charge on any atom is 0.0558 e. The molecule has 1 fully saturated rings. The molecule has 3 nitrogen and oxygen atoms in total. The van der Waals surface area contributed by atoms with E-state index < -0.39 is 0 Å². The van der Waals surface area contributed by atoms with Gasteiger partial charge in [-0.3, -0.25) is 4.90 Å². The van der Waals surface area contributed by atoms with Crippen LogP contribution in [0.4, 0.5) is 0 Å². The number of hydrogen-bond acceptors (Lipinski definition) is 3. The molecule has 0 radical (unpaired) electrons. The van der Waals surface area contributed by atoms with E-state index in [-0.39, 0.29) is 12.0 Å². The van der Waals surface area contributed by atoms with Crippen molar-refractivity contribution in [2.24, 2.45) is 5.41 Å². The molecule has 0 aromatic carbocycles. The first kappa shape index (κ1) is 12.5. The fourth-order valence-corrected chi connectivity index (χ4v) is 1.86. The lowest BCUT2D eigenvalue weighted by Gasteiger charge is -2.40. The van der Waals surface area contributed by atoms with Crippen LogP contribution in [-0.4, -0.2) is 54.2 Å². The number of aliphatic hydroxyl groups excluding tert-OH is 1. The highest BCUT2D eigenvalue weighted by molar-refractivity contribution is 5.05. The normalized spacial score (nSPS) is 19.3. The van der Waals surface area contributed by atoms with Gasteiger partial charge in [0.15, 0.2) is 0 Å². The summed E-state index contributed by atoms with van der Waals surface area (Å²) in [5.41, 5.74) is 1.39. The first-order valence-electron chi connectivity index (χ1n) is 5.72. The van der Waals surface area contributed by atoms with Gasteiger partial charge in [-0.2, -0.15) is 0 Å². The van der Waals surface area contributed by atoms with E-state index in [2.05, 4.69) is 37.1 Å². The number of hydrogen-bond donors (Lipinski definition) is 1. The van der Waals surface area contributed by atoms with E-state index in [0.717, 1.165) is 32.7 Å². The second-order valence-corrected chi connectivity index (χ2v) is 5.25. The molecule has 1 rings (SSSR count). The molecular formula is C12H24N2O. The SMILES string of the molecule is C=C(N1CCN(CCO)CC1)C(C)(C)C. The molecule has 0 atom stereocenters. The van der Waals surface area contributed by atoms with Crippen LogP contribution < -0.4 is 0 Å². The second kappa shape index (κ2) is 4.99. The minimum atomic E-state index is 0.166. The Morgan fingerprint density at radius 3 is 2.13 bits per heavy atom. The third kappa shape index (κ3) is 3.50. The van der Waals surface area contributed by atoms with Crippen LogP contribution in [0.2, 0.25) is 0 Å². The van der Waals surface area contributed by atoms with Crippen molar-refractivity contribution in [2.75, 3.05) is 39.3 Å². The fraction of sp³-hybridized carbons (Fsp3) is 0.833. The van der Waals surface area contributed by atoms with Crippen molar-refractivity contribution in [1.82, 2.24) is 9.80 Å². The minimum absolute atomic E-state index is 0.166. The average Bonchev–Trinajstić information content (AvgIpc) is 2.17. The van der Waals surface area contributed by atoms with E-state index in [1.54, 1.807) is 0 Å². The zero-order valence-electron chi connectivity index (χ0n) is 10.3. The Morgan fingerprint density at radius 2 is 1.73 bits per heavy atom. The summed E-state index contributed by atoms with van der Waals surface area (Å²) in [4.78, 5) is 4.67. The van der Waals surface area contributed by atoms with E-state index >= 15 is 0 Å². The van der Waals surface area contributed by atoms with E-state index in [9.17, 15) is 0 Å². The number of aliphatic hydroxyl groups is 1. The third-order valence-corrected chi connectivity index (χ3v) is 3.04. The van der Waals surface area contributed by atoms with E-state index in [1.165, 1.54) is 5.70 Å². The Hall–Kier alpha value is -0.540. The van der Waals surface area contributed by atoms with E-state index in [1.807, 2.05) is 0 Å². The van der Waals surface area contributed by atoms with Crippen LogP contribution in [0.15, 0.2) is 12.3 Å². The van der Waals surface area contributed by atoms with Crippen LogP contribution in [0.25, 0.3) is 0 Å². The zero-order chi connectivity index (χ0) is 11.5. The molecule has 1 saturated heterocycles. The van der Waals surface area contributed by atoms with Gasteiger partial charge in [0, 0.05) is 43.8 Å². The van der Waals surface area contributed by atoms with Crippen molar-refractivity contribution < 1.29 is 5.11 Å². The molecule has 1 heterocycles. The van der Waals surface area contributed by atoms with Crippen LogP contribution in [-0.2, 0) is 0 Å². The van der Waals surface area contributed by atoms with Gasteiger partial charge >= 0.3 is 0 Å². The third-order valence-electron chi connectivity index (χ3n) is 3.04. The summed E-state index contributed by atoms with van der Waals surface area (Å²) in [5.74, 6) is 0. The van der Waals surface area contributed by atoms with Gasteiger partial charge in [-0.1, -0.05) is 27.4 Å². The Kier molecular flexibility index (Phi) is 4.17. The molecule has 15 heavy (non-hydrogen) atoms. The number of β-amino-alcohol motifs (C(OH)–C–C–N with tert-alkyl or cyclic N) is 1. The summed E-state index contributed by atoms with van der Waals surface area (Å²) in [6.07, 6.45) is 0. The Morgan fingerprint density at radius 1 is 1.20 bits per heavy atom. The lowest BCUT2D eigenvalue weighted by atomic mass is 9.91. The average molecular weight is 212 g/mol. The predicted octanol–water partition coefficient (Wildman–Crippen LogP) is 1.16. The van der Waals surface area contributed by atoms with Crippen LogP contribution >= 0.6 is 0 Å². The molecule has 0 spiro atoms. The molecule has 0 amide bonds. The molecule has 0 saturated carbocycles. The quantitative estimate of drug-likeness (QED) is 0.760. The number of rotatable bonds is 3. The highest BCUT2D eigenvalue weighted by Crippen LogP contribution is 2.27. The lowest BCUT2D eigenvalue weighted by Crippen LogP contribution is -2.47. The minimum Gasteiger partial charge on any atom is -0.395 e. The van der Waals surface area contributed by atoms with Gasteiger partial charge in [0.1, 0.15) is 0 Å². The summed E-state index contributed by atoms with van der Waals surface area (Å²) in [6, 6.07) is 0. The molecule has 0 aromatic heterocycles. The molecule has 1 N–H and O–H groups in total. The lowest BCUT2D eigenvalue weighted by molar-refractivity contribution is 0.119. The standard InChI is InChI=1S/C12H24N2O/c1-11(12(2,3)4)14-7-5-13(6-8-14)9-10-15/h15H,1,5-10H2,2-4H3. The van der Waals surface area contributed by atoms with Crippen molar-refractivity contribution in [2.45, 2.75) is 20.8 Å². The summed E-state index contributed by atoms with van der Waals surface area (Å²) in [6.45, 7) is 16.0. The van der Waals surface area contributed by atoms with E-state index in [4.69, 9.17) is 5.11 Å². The van der Waals surface area contributed by atoms with Crippen LogP contribution in [0.3, 0.4) is 0 Å². The number of piperazine rings is 1. The number of allylic oxidation sites excluding steroid dienone is 1. The van der Waals surface area contributed by atoms with Gasteiger partial charge in [-0.25, -0.2) is 0 Å². The largest absolute Gasteiger partial charge is 0.395 e. The van der Waals surface area contributed by atoms with Gasteiger partial charge in [0.2, 0.25) is 0 Å². The van der Waals surface area contributed by atoms with Crippen LogP contribution in [0.1, 0.15) is 20.8 Å². The molecular weight excluding hydrogens is 188 g/mol. The molecule has 0 aromatic rings. The molecule has 88 valence electrons. The van der Waals surface area contributed by atoms with Gasteiger partial charge in [-0.05, 0) is 0 Å². The van der Waals surface area contributed by atoms with Crippen LogP contribution in [0.5, 0.6) is 0 Å². The summed E-state index contributed by atoms with van der Waals surface area (Å²) in [5, 5.41) is 8.85. The molecule has 0 bridgehead atoms. The van der Waals surface area contributed by atoms with Gasteiger partial charge in [0.05, 0.1) is 6.61 Å². The molecule has 1 aliphatic rings. The summed E-state index contributed by atoms with van der Waals surface area (Å²) >= 11 is 0. The Labute approximate surface area is 93.4 Å². The predicted molar refractivity (Wildman–Crippen MR) is 63.7 cm³/mol. The van der Waals surface area contributed by atoms with Crippen molar-refractivity contribution in [3.8, 4) is 0 Å². The van der Waals surface area contributed by atoms with Gasteiger partial charge in [0.25, 0.3) is 0 Å². The molecule has 1 aliphatic heterocycles. The van der Waals surface area contributed by atoms with Crippen molar-refractivity contribution >= 4 is 0 Å². The Balaban J connectivity index is 2.41. The van der Waals surface area contributed by atoms with E-state index in [0.29, 0.717) is 0 Å². The van der Waals surface area contributed by atoms with Gasteiger partial charge in [-0.15, -0.1) is 0 Å². The number of nitrogens with zero attached hydrogens (tertiary/aromatic N) is 2. The summed E-state index contributed by atoms with van der Waals surface area (Å²) < 4.78 is 0. The van der Waals surface area contributed by atoms with Gasteiger partial charge < -0.3 is 10.0 Å². The maximum atomic E-state index is 8.85. The Bertz CT molecular complexity index is 212. The highest BCUT2D eigenvalue weighted by Gasteiger charge is 2.24. The second-order valence-electron chi connectivity index (χ2n) is 5.25. The van der Waals surface area contributed by atoms with Crippen LogP contribution in [0, 0.1) is 5.41 Å². The highest BCUT2D eigenvalue weighted by atomic mass is 16.3. The van der Waals surface area contributed by atoms with Crippen molar-refractivity contribution in [1.29, 1.82) is 0 Å². The fourth-order valence-electron chi connectivity index (χ4n) is 1.86. The monoisotopic (exact) mass is 212 g/mol. The van der Waals surface area contributed by atoms with Crippen molar-refractivity contribution in [3.63, 3.8) is 0 Å². The topological polar surface area (TPSA) is 26.7 Å². The molecule has 0 aliphatic carbocycles. The maximum absolute atomic E-state index is 8.85. The first-order valence-corrected chi connectivity index (χ1v) is 5.72. The smallest absolute Gasteiger partial charge is 0.0558 e. The zero-order valence-corrected chi connectivity index (χ0v) is 10.3. The summed E-state index contributed by atoms with van der Waals surface area (Å²) in [7, 11) is 0. The molecule has 3 heteroatoms. The molecule has 0 unspecified atom stereocenters.